The molecule has 1 aliphatic carbocycles. The molecule has 0 amide bonds. The molecule has 0 aliphatic heterocycles. The van der Waals surface area contributed by atoms with Crippen LogP contribution in [0, 0.1) is 10.8 Å². The van der Waals surface area contributed by atoms with Crippen molar-refractivity contribution in [3.05, 3.63) is 23.3 Å². The van der Waals surface area contributed by atoms with Gasteiger partial charge < -0.3 is 0 Å². The maximum atomic E-state index is 2.43. The van der Waals surface area contributed by atoms with Crippen LogP contribution in [0.1, 0.15) is 86.5 Å². The second-order valence-electron chi connectivity index (χ2n) is 7.46. The summed E-state index contributed by atoms with van der Waals surface area (Å²) in [4.78, 5) is 0. The molecule has 0 saturated heterocycles. The van der Waals surface area contributed by atoms with Gasteiger partial charge in [0.15, 0.2) is 0 Å². The Kier molecular flexibility index (Phi) is 5.89. The van der Waals surface area contributed by atoms with Crippen molar-refractivity contribution in [2.45, 2.75) is 86.5 Å². The van der Waals surface area contributed by atoms with E-state index >= 15 is 0 Å². The average molecular weight is 262 g/mol. The van der Waals surface area contributed by atoms with Crippen LogP contribution in [0.5, 0.6) is 0 Å². The number of allylic oxidation sites excluding steroid dienone is 4. The zero-order valence-electron chi connectivity index (χ0n) is 14.1. The van der Waals surface area contributed by atoms with E-state index in [2.05, 4.69) is 53.7 Å². The SMILES string of the molecule is CCCCCC(C)(C)C1=CC=C(C(C)(C)CC)CC1. The van der Waals surface area contributed by atoms with Crippen LogP contribution in [-0.4, -0.2) is 0 Å². The Labute approximate surface area is 121 Å². The summed E-state index contributed by atoms with van der Waals surface area (Å²) >= 11 is 0. The van der Waals surface area contributed by atoms with Crippen LogP contribution < -0.4 is 0 Å². The molecule has 0 aromatic heterocycles. The van der Waals surface area contributed by atoms with Gasteiger partial charge in [0.25, 0.3) is 0 Å². The molecule has 0 spiro atoms. The predicted molar refractivity (Wildman–Crippen MR) is 87.4 cm³/mol. The van der Waals surface area contributed by atoms with Gasteiger partial charge in [-0.1, -0.05) is 84.1 Å². The zero-order chi connectivity index (χ0) is 14.5. The fraction of sp³-hybridized carbons (Fsp3) is 0.789. The van der Waals surface area contributed by atoms with E-state index in [1.54, 1.807) is 11.1 Å². The van der Waals surface area contributed by atoms with Crippen molar-refractivity contribution in [2.75, 3.05) is 0 Å². The molecule has 1 rings (SSSR count). The highest BCUT2D eigenvalue weighted by Gasteiger charge is 2.27. The smallest absolute Gasteiger partial charge is 0.0141 e. The highest BCUT2D eigenvalue weighted by atomic mass is 14.3. The van der Waals surface area contributed by atoms with E-state index in [9.17, 15) is 0 Å². The molecule has 0 saturated carbocycles. The summed E-state index contributed by atoms with van der Waals surface area (Å²) in [7, 11) is 0. The van der Waals surface area contributed by atoms with Gasteiger partial charge in [0.2, 0.25) is 0 Å². The van der Waals surface area contributed by atoms with Gasteiger partial charge in [-0.15, -0.1) is 0 Å². The molecule has 19 heavy (non-hydrogen) atoms. The Balaban J connectivity index is 2.71. The Morgan fingerprint density at radius 3 is 1.79 bits per heavy atom. The molecule has 0 bridgehead atoms. The third-order valence-corrected chi connectivity index (χ3v) is 5.18. The number of rotatable bonds is 7. The quantitative estimate of drug-likeness (QED) is 0.449. The van der Waals surface area contributed by atoms with Gasteiger partial charge in [-0.25, -0.2) is 0 Å². The molecule has 0 N–H and O–H groups in total. The van der Waals surface area contributed by atoms with Crippen molar-refractivity contribution in [3.63, 3.8) is 0 Å². The first kappa shape index (κ1) is 16.5. The third kappa shape index (κ3) is 4.51. The van der Waals surface area contributed by atoms with Crippen molar-refractivity contribution in [1.82, 2.24) is 0 Å². The van der Waals surface area contributed by atoms with E-state index in [0.29, 0.717) is 10.8 Å². The van der Waals surface area contributed by atoms with Crippen LogP contribution in [-0.2, 0) is 0 Å². The molecule has 0 heterocycles. The van der Waals surface area contributed by atoms with Crippen LogP contribution in [0.3, 0.4) is 0 Å². The van der Waals surface area contributed by atoms with Gasteiger partial charge in [0.05, 0.1) is 0 Å². The minimum absolute atomic E-state index is 0.383. The summed E-state index contributed by atoms with van der Waals surface area (Å²) in [6, 6.07) is 0. The highest BCUT2D eigenvalue weighted by Crippen LogP contribution is 2.42. The monoisotopic (exact) mass is 262 g/mol. The van der Waals surface area contributed by atoms with Gasteiger partial charge >= 0.3 is 0 Å². The molecular weight excluding hydrogens is 228 g/mol. The first-order valence-electron chi connectivity index (χ1n) is 8.24. The second-order valence-corrected chi connectivity index (χ2v) is 7.46. The molecular formula is C19H34. The van der Waals surface area contributed by atoms with Crippen LogP contribution >= 0.6 is 0 Å². The molecule has 0 aromatic rings. The molecule has 0 aromatic carbocycles. The van der Waals surface area contributed by atoms with Crippen molar-refractivity contribution in [3.8, 4) is 0 Å². The average Bonchev–Trinajstić information content (AvgIpc) is 2.39. The van der Waals surface area contributed by atoms with Crippen molar-refractivity contribution < 1.29 is 0 Å². The summed E-state index contributed by atoms with van der Waals surface area (Å²) in [6.45, 7) is 14.2. The van der Waals surface area contributed by atoms with Crippen molar-refractivity contribution >= 4 is 0 Å². The number of hydrogen-bond donors (Lipinski definition) is 0. The first-order chi connectivity index (χ1) is 8.83. The van der Waals surface area contributed by atoms with Crippen molar-refractivity contribution in [2.24, 2.45) is 10.8 Å². The van der Waals surface area contributed by atoms with Gasteiger partial charge in [-0.05, 0) is 36.5 Å². The highest BCUT2D eigenvalue weighted by molar-refractivity contribution is 5.30. The van der Waals surface area contributed by atoms with Crippen LogP contribution in [0.15, 0.2) is 23.3 Å². The van der Waals surface area contributed by atoms with Gasteiger partial charge in [-0.2, -0.15) is 0 Å². The molecule has 0 nitrogen and oxygen atoms in total. The fourth-order valence-electron chi connectivity index (χ4n) is 2.97. The lowest BCUT2D eigenvalue weighted by atomic mass is 9.71. The zero-order valence-corrected chi connectivity index (χ0v) is 14.1. The molecule has 1 aliphatic rings. The lowest BCUT2D eigenvalue weighted by molar-refractivity contribution is 0.362. The number of hydrogen-bond acceptors (Lipinski definition) is 0. The normalized spacial score (nSPS) is 17.2. The predicted octanol–water partition coefficient (Wildman–Crippen LogP) is 6.68. The first-order valence-corrected chi connectivity index (χ1v) is 8.24. The molecule has 0 fully saturated rings. The summed E-state index contributed by atoms with van der Waals surface area (Å²) in [5.74, 6) is 0. The lowest BCUT2D eigenvalue weighted by Crippen LogP contribution is -2.20. The van der Waals surface area contributed by atoms with Gasteiger partial charge in [-0.3, -0.25) is 0 Å². The minimum atomic E-state index is 0.383. The summed E-state index contributed by atoms with van der Waals surface area (Å²) in [5.41, 5.74) is 4.09. The van der Waals surface area contributed by atoms with Crippen LogP contribution in [0.4, 0.5) is 0 Å². The molecule has 110 valence electrons. The summed E-state index contributed by atoms with van der Waals surface area (Å²) < 4.78 is 0. The lowest BCUT2D eigenvalue weighted by Gasteiger charge is -2.34. The van der Waals surface area contributed by atoms with Gasteiger partial charge in [0, 0.05) is 0 Å². The molecule has 0 radical (unpaired) electrons. The summed E-state index contributed by atoms with van der Waals surface area (Å²) in [5, 5.41) is 0. The molecule has 0 atom stereocenters. The fourth-order valence-corrected chi connectivity index (χ4v) is 2.97. The van der Waals surface area contributed by atoms with Gasteiger partial charge in [0.1, 0.15) is 0 Å². The topological polar surface area (TPSA) is 0 Å². The Hall–Kier alpha value is -0.520. The van der Waals surface area contributed by atoms with Crippen LogP contribution in [0.2, 0.25) is 0 Å². The second kappa shape index (κ2) is 6.77. The Morgan fingerprint density at radius 1 is 0.842 bits per heavy atom. The third-order valence-electron chi connectivity index (χ3n) is 5.18. The van der Waals surface area contributed by atoms with E-state index in [1.807, 2.05) is 0 Å². The number of unbranched alkanes of at least 4 members (excludes halogenated alkanes) is 2. The Morgan fingerprint density at radius 2 is 1.37 bits per heavy atom. The maximum Gasteiger partial charge on any atom is -0.0141 e. The molecule has 0 unspecified atom stereocenters. The van der Waals surface area contributed by atoms with E-state index in [0.717, 1.165) is 0 Å². The van der Waals surface area contributed by atoms with E-state index in [4.69, 9.17) is 0 Å². The minimum Gasteiger partial charge on any atom is -0.0654 e. The standard InChI is InChI=1S/C19H34/c1-7-9-10-15-19(5,6)17-13-11-16(12-14-17)18(3,4)8-2/h11,13H,7-10,12,14-15H2,1-6H3. The van der Waals surface area contributed by atoms with E-state index in [1.165, 1.54) is 44.9 Å². The van der Waals surface area contributed by atoms with Crippen molar-refractivity contribution in [1.29, 1.82) is 0 Å². The Bertz CT molecular complexity index is 339. The van der Waals surface area contributed by atoms with Crippen LogP contribution in [0.25, 0.3) is 0 Å². The summed E-state index contributed by atoms with van der Waals surface area (Å²) in [6.07, 6.45) is 14.0. The van der Waals surface area contributed by atoms with E-state index in [-0.39, 0.29) is 0 Å². The maximum absolute atomic E-state index is 2.43. The van der Waals surface area contributed by atoms with E-state index < -0.39 is 0 Å². The largest absolute Gasteiger partial charge is 0.0654 e. The molecule has 0 heteroatoms.